The molecule has 0 fully saturated rings. The minimum absolute atomic E-state index is 0.131. The van der Waals surface area contributed by atoms with E-state index in [1.165, 1.54) is 0 Å². The molecule has 0 aliphatic rings. The third-order valence-electron chi connectivity index (χ3n) is 3.22. The lowest BCUT2D eigenvalue weighted by Crippen LogP contribution is -2.47. The van der Waals surface area contributed by atoms with Gasteiger partial charge >= 0.3 is 0 Å². The van der Waals surface area contributed by atoms with Gasteiger partial charge in [-0.15, -0.1) is 0 Å². The summed E-state index contributed by atoms with van der Waals surface area (Å²) in [5.74, 6) is 3.07. The summed E-state index contributed by atoms with van der Waals surface area (Å²) in [4.78, 5) is 14.5. The van der Waals surface area contributed by atoms with E-state index in [1.54, 1.807) is 43.9 Å². The lowest BCUT2D eigenvalue weighted by Gasteiger charge is -2.25. The van der Waals surface area contributed by atoms with E-state index in [0.29, 0.717) is 18.0 Å². The van der Waals surface area contributed by atoms with E-state index in [0.717, 1.165) is 22.5 Å². The minimum Gasteiger partial charge on any atom is -0.495 e. The third-order valence-corrected chi connectivity index (χ3v) is 6.26. The van der Waals surface area contributed by atoms with Crippen LogP contribution in [0.4, 0.5) is 0 Å². The van der Waals surface area contributed by atoms with Crippen LogP contribution in [-0.2, 0) is 4.79 Å². The number of hydrogen-bond donors (Lipinski definition) is 1. The number of amides is 1. The van der Waals surface area contributed by atoms with E-state index in [9.17, 15) is 4.79 Å². The van der Waals surface area contributed by atoms with Crippen molar-refractivity contribution < 1.29 is 14.3 Å². The average Bonchev–Trinajstić information content (AvgIpc) is 2.54. The summed E-state index contributed by atoms with van der Waals surface area (Å²) in [5, 5.41) is 2.93. The van der Waals surface area contributed by atoms with Crippen molar-refractivity contribution in [1.82, 2.24) is 10.2 Å². The van der Waals surface area contributed by atoms with E-state index in [1.807, 2.05) is 16.9 Å². The Bertz CT molecular complexity index is 557. The topological polar surface area (TPSA) is 50.8 Å². The molecule has 0 heterocycles. The second-order valence-corrected chi connectivity index (χ2v) is 9.67. The molecule has 1 amide bonds. The molecule has 1 N–H and O–H groups in total. The lowest BCUT2D eigenvalue weighted by molar-refractivity contribution is -0.134. The summed E-state index contributed by atoms with van der Waals surface area (Å²) in [6.45, 7) is 5.20. The monoisotopic (exact) mass is 450 g/mol. The molecule has 1 aromatic carbocycles. The van der Waals surface area contributed by atoms with Crippen molar-refractivity contribution in [2.75, 3.05) is 45.8 Å². The molecule has 0 aliphatic heterocycles. The van der Waals surface area contributed by atoms with Crippen LogP contribution < -0.4 is 14.8 Å². The Kier molecular flexibility index (Phi) is 10.1. The Morgan fingerprint density at radius 3 is 2.60 bits per heavy atom. The number of nitrogens with zero attached hydrogens (tertiary/aromatic N) is 1. The molecular formula is C17H27BrN2O3S2. The van der Waals surface area contributed by atoms with Gasteiger partial charge in [0.15, 0.2) is 5.60 Å². The van der Waals surface area contributed by atoms with Gasteiger partial charge in [-0.05, 0) is 56.0 Å². The zero-order valence-corrected chi connectivity index (χ0v) is 18.6. The molecule has 142 valence electrons. The van der Waals surface area contributed by atoms with Crippen molar-refractivity contribution in [3.63, 3.8) is 0 Å². The van der Waals surface area contributed by atoms with E-state index < -0.39 is 5.60 Å². The van der Waals surface area contributed by atoms with E-state index in [4.69, 9.17) is 9.47 Å². The zero-order chi connectivity index (χ0) is 18.9. The van der Waals surface area contributed by atoms with Crippen LogP contribution in [0.15, 0.2) is 22.7 Å². The number of ether oxygens (including phenoxy) is 2. The van der Waals surface area contributed by atoms with Crippen LogP contribution >= 0.6 is 37.5 Å². The largest absolute Gasteiger partial charge is 0.495 e. The molecule has 0 atom stereocenters. The Morgan fingerprint density at radius 2 is 1.96 bits per heavy atom. The molecule has 8 heteroatoms. The predicted octanol–water partition coefficient (Wildman–Crippen LogP) is 3.67. The summed E-state index contributed by atoms with van der Waals surface area (Å²) in [6, 6.07) is 5.40. The van der Waals surface area contributed by atoms with Gasteiger partial charge in [-0.2, -0.15) is 0 Å². The Labute approximate surface area is 167 Å². The smallest absolute Gasteiger partial charge is 0.263 e. The molecule has 0 radical (unpaired) electrons. The highest BCUT2D eigenvalue weighted by Crippen LogP contribution is 2.30. The fourth-order valence-electron chi connectivity index (χ4n) is 1.80. The first-order valence-corrected chi connectivity index (χ1v) is 11.2. The molecule has 0 saturated carbocycles. The Balaban J connectivity index is 2.38. The zero-order valence-electron chi connectivity index (χ0n) is 15.4. The molecule has 0 bridgehead atoms. The fourth-order valence-corrected chi connectivity index (χ4v) is 4.25. The highest BCUT2D eigenvalue weighted by atomic mass is 79.9. The van der Waals surface area contributed by atoms with Gasteiger partial charge in [0.25, 0.3) is 5.91 Å². The summed E-state index contributed by atoms with van der Waals surface area (Å²) in [6.07, 6.45) is 0. The van der Waals surface area contributed by atoms with Crippen molar-refractivity contribution in [3.8, 4) is 11.5 Å². The van der Waals surface area contributed by atoms with Gasteiger partial charge in [0.05, 0.1) is 11.6 Å². The number of halogens is 1. The molecule has 0 unspecified atom stereocenters. The normalized spacial score (nSPS) is 11.5. The van der Waals surface area contributed by atoms with E-state index in [2.05, 4.69) is 40.2 Å². The van der Waals surface area contributed by atoms with Crippen LogP contribution in [0.2, 0.25) is 0 Å². The fraction of sp³-hybridized carbons (Fsp3) is 0.588. The SMILES string of the molecule is COc1cc(OC(C)(C)C(=O)NCCSSCCN(C)C)ccc1Br. The van der Waals surface area contributed by atoms with Gasteiger partial charge in [-0.25, -0.2) is 0 Å². The first-order chi connectivity index (χ1) is 11.8. The summed E-state index contributed by atoms with van der Waals surface area (Å²) in [5.41, 5.74) is -0.957. The second kappa shape index (κ2) is 11.2. The van der Waals surface area contributed by atoms with Crippen molar-refractivity contribution in [2.45, 2.75) is 19.4 Å². The average molecular weight is 451 g/mol. The number of hydrogen-bond acceptors (Lipinski definition) is 6. The summed E-state index contributed by atoms with van der Waals surface area (Å²) < 4.78 is 11.9. The molecule has 0 aliphatic carbocycles. The van der Waals surface area contributed by atoms with Crippen LogP contribution in [-0.4, -0.2) is 62.2 Å². The quantitative estimate of drug-likeness (QED) is 0.409. The molecule has 25 heavy (non-hydrogen) atoms. The van der Waals surface area contributed by atoms with Crippen LogP contribution in [0.5, 0.6) is 11.5 Å². The molecule has 1 rings (SSSR count). The number of benzene rings is 1. The maximum atomic E-state index is 12.4. The van der Waals surface area contributed by atoms with E-state index >= 15 is 0 Å². The maximum Gasteiger partial charge on any atom is 0.263 e. The molecule has 0 aromatic heterocycles. The minimum atomic E-state index is -0.957. The van der Waals surface area contributed by atoms with Crippen molar-refractivity contribution in [2.24, 2.45) is 0 Å². The molecule has 1 aromatic rings. The molecule has 0 saturated heterocycles. The van der Waals surface area contributed by atoms with Gasteiger partial charge in [0.1, 0.15) is 11.5 Å². The second-order valence-electron chi connectivity index (χ2n) is 6.11. The molecule has 5 nitrogen and oxygen atoms in total. The van der Waals surface area contributed by atoms with Crippen molar-refractivity contribution in [3.05, 3.63) is 22.7 Å². The highest BCUT2D eigenvalue weighted by Gasteiger charge is 2.29. The number of methoxy groups -OCH3 is 1. The van der Waals surface area contributed by atoms with Crippen LogP contribution in [0.25, 0.3) is 0 Å². The maximum absolute atomic E-state index is 12.4. The van der Waals surface area contributed by atoms with Crippen molar-refractivity contribution in [1.29, 1.82) is 0 Å². The first-order valence-electron chi connectivity index (χ1n) is 7.96. The Morgan fingerprint density at radius 1 is 1.28 bits per heavy atom. The van der Waals surface area contributed by atoms with Gasteiger partial charge in [-0.3, -0.25) is 4.79 Å². The summed E-state index contributed by atoms with van der Waals surface area (Å²) >= 11 is 3.40. The lowest BCUT2D eigenvalue weighted by atomic mass is 10.1. The van der Waals surface area contributed by atoms with Gasteiger partial charge < -0.3 is 19.7 Å². The van der Waals surface area contributed by atoms with Gasteiger partial charge in [0, 0.05) is 30.7 Å². The number of carbonyl (C=O) groups excluding carboxylic acids is 1. The van der Waals surface area contributed by atoms with E-state index in [-0.39, 0.29) is 5.91 Å². The van der Waals surface area contributed by atoms with Gasteiger partial charge in [0.2, 0.25) is 0 Å². The highest BCUT2D eigenvalue weighted by molar-refractivity contribution is 9.10. The number of rotatable bonds is 11. The van der Waals surface area contributed by atoms with Crippen LogP contribution in [0.1, 0.15) is 13.8 Å². The molecular weight excluding hydrogens is 424 g/mol. The standard InChI is InChI=1S/C17H27BrN2O3S2/c1-17(2,23-13-6-7-14(18)15(12-13)22-5)16(21)19-8-10-24-25-11-9-20(3)4/h6-7,12H,8-11H2,1-5H3,(H,19,21). The van der Waals surface area contributed by atoms with Crippen LogP contribution in [0, 0.1) is 0 Å². The van der Waals surface area contributed by atoms with Gasteiger partial charge in [-0.1, -0.05) is 21.6 Å². The molecule has 0 spiro atoms. The first kappa shape index (κ1) is 22.5. The third kappa shape index (κ3) is 8.57. The van der Waals surface area contributed by atoms with Crippen molar-refractivity contribution >= 4 is 43.4 Å². The summed E-state index contributed by atoms with van der Waals surface area (Å²) in [7, 11) is 9.32. The number of carbonyl (C=O) groups is 1. The Hall–Kier alpha value is -0.570. The number of nitrogens with one attached hydrogen (secondary N) is 1. The van der Waals surface area contributed by atoms with Crippen LogP contribution in [0.3, 0.4) is 0 Å². The predicted molar refractivity (Wildman–Crippen MR) is 112 cm³/mol.